The number of ether oxygens (including phenoxy) is 2. The summed E-state index contributed by atoms with van der Waals surface area (Å²) in [7, 11) is 1.65. The van der Waals surface area contributed by atoms with Crippen LogP contribution < -0.4 is 9.47 Å². The van der Waals surface area contributed by atoms with Crippen LogP contribution in [0.25, 0.3) is 0 Å². The van der Waals surface area contributed by atoms with Gasteiger partial charge in [0.05, 0.1) is 19.1 Å². The van der Waals surface area contributed by atoms with Gasteiger partial charge in [0.2, 0.25) is 0 Å². The predicted octanol–water partition coefficient (Wildman–Crippen LogP) is 4.83. The number of methoxy groups -OCH3 is 1. The first-order valence-electron chi connectivity index (χ1n) is 6.76. The number of hydrogen-bond acceptors (Lipinski definition) is 2. The van der Waals surface area contributed by atoms with Crippen LogP contribution in [0.15, 0.2) is 54.6 Å². The minimum absolute atomic E-state index is 0.0393. The maximum Gasteiger partial charge on any atom is 0.161 e. The average Bonchev–Trinajstić information content (AvgIpc) is 2.52. The highest BCUT2D eigenvalue weighted by atomic mass is 35.5. The summed E-state index contributed by atoms with van der Waals surface area (Å²) in [6.07, 6.45) is 1.79. The van der Waals surface area contributed by atoms with E-state index in [0.717, 1.165) is 29.9 Å². The van der Waals surface area contributed by atoms with E-state index in [2.05, 4.69) is 12.1 Å². The molecule has 0 spiro atoms. The number of halogens is 1. The molecule has 0 aliphatic carbocycles. The first kappa shape index (κ1) is 14.7. The smallest absolute Gasteiger partial charge is 0.161 e. The molecule has 1 unspecified atom stereocenters. The van der Waals surface area contributed by atoms with Crippen molar-refractivity contribution in [1.82, 2.24) is 0 Å². The third-order valence-electron chi connectivity index (χ3n) is 3.09. The van der Waals surface area contributed by atoms with Gasteiger partial charge < -0.3 is 9.47 Å². The Morgan fingerprint density at radius 2 is 1.60 bits per heavy atom. The van der Waals surface area contributed by atoms with Gasteiger partial charge in [0, 0.05) is 0 Å². The fourth-order valence-electron chi connectivity index (χ4n) is 2.01. The Labute approximate surface area is 125 Å². The van der Waals surface area contributed by atoms with Gasteiger partial charge in [-0.3, -0.25) is 0 Å². The van der Waals surface area contributed by atoms with Gasteiger partial charge in [-0.15, -0.1) is 11.6 Å². The lowest BCUT2D eigenvalue weighted by Gasteiger charge is -2.12. The van der Waals surface area contributed by atoms with Gasteiger partial charge in [0.15, 0.2) is 11.5 Å². The minimum Gasteiger partial charge on any atom is -0.493 e. The Balaban J connectivity index is 1.76. The van der Waals surface area contributed by atoms with Crippen molar-refractivity contribution in [2.75, 3.05) is 13.7 Å². The maximum absolute atomic E-state index is 6.37. The molecule has 0 aromatic heterocycles. The summed E-state index contributed by atoms with van der Waals surface area (Å²) in [5.41, 5.74) is 1.16. The predicted molar refractivity (Wildman–Crippen MR) is 82.8 cm³/mol. The molecule has 0 aliphatic rings. The third kappa shape index (κ3) is 4.17. The lowest BCUT2D eigenvalue weighted by atomic mass is 10.1. The largest absolute Gasteiger partial charge is 0.493 e. The zero-order valence-electron chi connectivity index (χ0n) is 11.6. The van der Waals surface area contributed by atoms with E-state index >= 15 is 0 Å². The number of alkyl halides is 1. The van der Waals surface area contributed by atoms with Crippen LogP contribution in [0.2, 0.25) is 0 Å². The molecule has 3 heteroatoms. The van der Waals surface area contributed by atoms with Crippen molar-refractivity contribution in [2.45, 2.75) is 18.2 Å². The summed E-state index contributed by atoms with van der Waals surface area (Å²) in [6, 6.07) is 17.8. The van der Waals surface area contributed by atoms with Crippen molar-refractivity contribution < 1.29 is 9.47 Å². The summed E-state index contributed by atoms with van der Waals surface area (Å²) < 4.78 is 11.0. The van der Waals surface area contributed by atoms with Crippen LogP contribution in [-0.4, -0.2) is 13.7 Å². The zero-order chi connectivity index (χ0) is 14.2. The minimum atomic E-state index is 0.0393. The molecule has 0 amide bonds. The average molecular weight is 291 g/mol. The molecule has 0 heterocycles. The molecule has 0 N–H and O–H groups in total. The standard InChI is InChI=1S/C17H19ClO2/c1-19-16-11-5-6-12-17(16)20-13-7-10-15(18)14-8-3-2-4-9-14/h2-6,8-9,11-12,15H,7,10,13H2,1H3. The number of para-hydroxylation sites is 2. The third-order valence-corrected chi connectivity index (χ3v) is 3.56. The Hall–Kier alpha value is -1.67. The lowest BCUT2D eigenvalue weighted by molar-refractivity contribution is 0.286. The van der Waals surface area contributed by atoms with Crippen LogP contribution in [0.5, 0.6) is 11.5 Å². The van der Waals surface area contributed by atoms with E-state index in [1.54, 1.807) is 7.11 Å². The molecule has 20 heavy (non-hydrogen) atoms. The second-order valence-electron chi connectivity index (χ2n) is 4.52. The maximum atomic E-state index is 6.37. The van der Waals surface area contributed by atoms with Crippen LogP contribution >= 0.6 is 11.6 Å². The van der Waals surface area contributed by atoms with Crippen LogP contribution in [0.3, 0.4) is 0 Å². The number of hydrogen-bond donors (Lipinski definition) is 0. The molecule has 106 valence electrons. The van der Waals surface area contributed by atoms with Crippen molar-refractivity contribution in [1.29, 1.82) is 0 Å². The van der Waals surface area contributed by atoms with Crippen LogP contribution in [0, 0.1) is 0 Å². The summed E-state index contributed by atoms with van der Waals surface area (Å²) in [5, 5.41) is 0.0393. The van der Waals surface area contributed by atoms with Crippen molar-refractivity contribution in [3.05, 3.63) is 60.2 Å². The Morgan fingerprint density at radius 1 is 0.950 bits per heavy atom. The summed E-state index contributed by atoms with van der Waals surface area (Å²) in [4.78, 5) is 0. The summed E-state index contributed by atoms with van der Waals surface area (Å²) in [6.45, 7) is 0.635. The van der Waals surface area contributed by atoms with Gasteiger partial charge in [-0.25, -0.2) is 0 Å². The van der Waals surface area contributed by atoms with Crippen LogP contribution in [0.4, 0.5) is 0 Å². The van der Waals surface area contributed by atoms with E-state index in [-0.39, 0.29) is 5.38 Å². The molecular weight excluding hydrogens is 272 g/mol. The molecule has 2 aromatic carbocycles. The van der Waals surface area contributed by atoms with Crippen molar-refractivity contribution in [3.63, 3.8) is 0 Å². The second kappa shape index (κ2) is 7.81. The Kier molecular flexibility index (Phi) is 5.75. The molecule has 0 saturated heterocycles. The fraction of sp³-hybridized carbons (Fsp3) is 0.294. The summed E-state index contributed by atoms with van der Waals surface area (Å²) >= 11 is 6.37. The van der Waals surface area contributed by atoms with Gasteiger partial charge in [-0.1, -0.05) is 42.5 Å². The molecule has 0 saturated carbocycles. The summed E-state index contributed by atoms with van der Waals surface area (Å²) in [5.74, 6) is 1.54. The van der Waals surface area contributed by atoms with Crippen molar-refractivity contribution in [3.8, 4) is 11.5 Å². The molecule has 2 nitrogen and oxygen atoms in total. The van der Waals surface area contributed by atoms with Crippen LogP contribution in [0.1, 0.15) is 23.8 Å². The molecular formula is C17H19ClO2. The first-order valence-corrected chi connectivity index (χ1v) is 7.19. The molecule has 0 aliphatic heterocycles. The van der Waals surface area contributed by atoms with E-state index in [9.17, 15) is 0 Å². The van der Waals surface area contributed by atoms with Crippen molar-refractivity contribution >= 4 is 11.6 Å². The fourth-order valence-corrected chi connectivity index (χ4v) is 2.31. The zero-order valence-corrected chi connectivity index (χ0v) is 12.3. The number of benzene rings is 2. The molecule has 2 aromatic rings. The van der Waals surface area contributed by atoms with Gasteiger partial charge in [-0.05, 0) is 30.5 Å². The SMILES string of the molecule is COc1ccccc1OCCCC(Cl)c1ccccc1. The second-order valence-corrected chi connectivity index (χ2v) is 5.05. The van der Waals surface area contributed by atoms with Gasteiger partial charge in [0.1, 0.15) is 0 Å². The van der Waals surface area contributed by atoms with E-state index in [1.807, 2.05) is 42.5 Å². The van der Waals surface area contributed by atoms with E-state index in [4.69, 9.17) is 21.1 Å². The van der Waals surface area contributed by atoms with Gasteiger partial charge in [-0.2, -0.15) is 0 Å². The van der Waals surface area contributed by atoms with Crippen LogP contribution in [-0.2, 0) is 0 Å². The monoisotopic (exact) mass is 290 g/mol. The molecule has 0 fully saturated rings. The molecule has 0 radical (unpaired) electrons. The first-order chi connectivity index (χ1) is 9.81. The quantitative estimate of drug-likeness (QED) is 0.537. The molecule has 0 bridgehead atoms. The topological polar surface area (TPSA) is 18.5 Å². The highest BCUT2D eigenvalue weighted by Gasteiger charge is 2.07. The highest BCUT2D eigenvalue weighted by Crippen LogP contribution is 2.28. The Morgan fingerprint density at radius 3 is 2.30 bits per heavy atom. The molecule has 2 rings (SSSR count). The lowest BCUT2D eigenvalue weighted by Crippen LogP contribution is -2.01. The normalized spacial score (nSPS) is 11.9. The van der Waals surface area contributed by atoms with E-state index in [1.165, 1.54) is 0 Å². The Bertz CT molecular complexity index is 513. The molecule has 1 atom stereocenters. The van der Waals surface area contributed by atoms with Gasteiger partial charge in [0.25, 0.3) is 0 Å². The van der Waals surface area contributed by atoms with E-state index < -0.39 is 0 Å². The van der Waals surface area contributed by atoms with E-state index in [0.29, 0.717) is 6.61 Å². The highest BCUT2D eigenvalue weighted by molar-refractivity contribution is 6.20. The number of rotatable bonds is 7. The van der Waals surface area contributed by atoms with Crippen molar-refractivity contribution in [2.24, 2.45) is 0 Å². The van der Waals surface area contributed by atoms with Gasteiger partial charge >= 0.3 is 0 Å².